The molecule has 0 aliphatic rings. The molecule has 0 unspecified atom stereocenters. The normalized spacial score (nSPS) is 11.6. The molecule has 0 radical (unpaired) electrons. The lowest BCUT2D eigenvalue weighted by atomic mass is 10.1. The Kier molecular flexibility index (Phi) is 5.90. The number of rotatable bonds is 6. The highest BCUT2D eigenvalue weighted by atomic mass is 32.1. The van der Waals surface area contributed by atoms with Gasteiger partial charge in [-0.05, 0) is 61.9 Å². The number of urea groups is 1. The van der Waals surface area contributed by atoms with Crippen molar-refractivity contribution in [2.45, 2.75) is 19.8 Å². The number of hydrogen-bond donors (Lipinski definition) is 1. The second-order valence-corrected chi connectivity index (χ2v) is 8.29. The predicted octanol–water partition coefficient (Wildman–Crippen LogP) is 3.83. The minimum Gasteiger partial charge on any atom is -0.350 e. The highest BCUT2D eigenvalue weighted by molar-refractivity contribution is 7.14. The SMILES string of the molecule is Cc1ccc(C(=O)CCc2cn(-c3ccc(-n4ccccc4=NC(N)=O)cc3)cn2)s1. The number of hydrogen-bond acceptors (Lipinski definition) is 4. The van der Waals surface area contributed by atoms with Crippen molar-refractivity contribution in [2.75, 3.05) is 0 Å². The lowest BCUT2D eigenvalue weighted by Gasteiger charge is -2.08. The van der Waals surface area contributed by atoms with E-state index in [4.69, 9.17) is 5.73 Å². The summed E-state index contributed by atoms with van der Waals surface area (Å²) < 4.78 is 3.70. The molecular weight excluding hydrogens is 410 g/mol. The molecule has 0 saturated heterocycles. The molecule has 2 amide bonds. The molecule has 4 rings (SSSR count). The minimum absolute atomic E-state index is 0.147. The van der Waals surface area contributed by atoms with E-state index in [1.54, 1.807) is 23.0 Å². The van der Waals surface area contributed by atoms with Crippen LogP contribution in [0.2, 0.25) is 0 Å². The second kappa shape index (κ2) is 8.93. The number of pyridine rings is 1. The molecule has 0 saturated carbocycles. The van der Waals surface area contributed by atoms with Crippen molar-refractivity contribution >= 4 is 23.2 Å². The van der Waals surface area contributed by atoms with Crippen molar-refractivity contribution in [3.8, 4) is 11.4 Å². The average molecular weight is 432 g/mol. The van der Waals surface area contributed by atoms with Gasteiger partial charge in [0.15, 0.2) is 5.78 Å². The first-order valence-corrected chi connectivity index (χ1v) is 10.6. The Bertz CT molecular complexity index is 1300. The monoisotopic (exact) mass is 431 g/mol. The van der Waals surface area contributed by atoms with Crippen molar-refractivity contribution < 1.29 is 9.59 Å². The lowest BCUT2D eigenvalue weighted by Crippen LogP contribution is -2.21. The van der Waals surface area contributed by atoms with Gasteiger partial charge in [-0.1, -0.05) is 6.07 Å². The molecule has 1 aromatic carbocycles. The molecule has 156 valence electrons. The molecule has 0 atom stereocenters. The van der Waals surface area contributed by atoms with Crippen LogP contribution in [0.4, 0.5) is 4.79 Å². The number of imidazole rings is 1. The molecular formula is C23H21N5O2S. The number of aromatic nitrogens is 3. The fourth-order valence-corrected chi connectivity index (χ4v) is 4.06. The van der Waals surface area contributed by atoms with Crippen LogP contribution in [-0.2, 0) is 6.42 Å². The number of carbonyl (C=O) groups excluding carboxylic acids is 2. The Morgan fingerprint density at radius 3 is 2.55 bits per heavy atom. The molecule has 7 nitrogen and oxygen atoms in total. The molecule has 8 heteroatoms. The van der Waals surface area contributed by atoms with Gasteiger partial charge in [-0.3, -0.25) is 4.79 Å². The molecule has 0 spiro atoms. The van der Waals surface area contributed by atoms with E-state index in [-0.39, 0.29) is 5.78 Å². The molecule has 4 aromatic rings. The summed E-state index contributed by atoms with van der Waals surface area (Å²) in [6, 6.07) is 16.2. The Morgan fingerprint density at radius 1 is 1.06 bits per heavy atom. The van der Waals surface area contributed by atoms with Crippen LogP contribution >= 0.6 is 11.3 Å². The molecule has 0 fully saturated rings. The van der Waals surface area contributed by atoms with Gasteiger partial charge in [0.1, 0.15) is 5.49 Å². The van der Waals surface area contributed by atoms with E-state index < -0.39 is 6.03 Å². The standard InChI is InChI=1S/C23H21N5O2S/c1-16-5-12-21(31-16)20(29)11-6-17-14-27(15-25-17)18-7-9-19(10-8-18)28-13-3-2-4-22(28)26-23(24)30/h2-5,7-10,12-15H,6,11H2,1H3,(H2,24,30). The van der Waals surface area contributed by atoms with Crippen LogP contribution < -0.4 is 11.2 Å². The molecule has 3 aromatic heterocycles. The van der Waals surface area contributed by atoms with Crippen LogP contribution in [0.5, 0.6) is 0 Å². The van der Waals surface area contributed by atoms with Crippen LogP contribution in [0.3, 0.4) is 0 Å². The zero-order valence-electron chi connectivity index (χ0n) is 16.9. The van der Waals surface area contributed by atoms with Crippen LogP contribution in [0.1, 0.15) is 26.7 Å². The predicted molar refractivity (Wildman–Crippen MR) is 120 cm³/mol. The van der Waals surface area contributed by atoms with E-state index >= 15 is 0 Å². The van der Waals surface area contributed by atoms with Gasteiger partial charge in [-0.2, -0.15) is 4.99 Å². The number of amides is 2. The third-order valence-electron chi connectivity index (χ3n) is 4.75. The molecule has 0 aliphatic carbocycles. The summed E-state index contributed by atoms with van der Waals surface area (Å²) in [5.74, 6) is 0.147. The summed E-state index contributed by atoms with van der Waals surface area (Å²) in [7, 11) is 0. The number of nitrogens with two attached hydrogens (primary N) is 1. The Morgan fingerprint density at radius 2 is 1.84 bits per heavy atom. The van der Waals surface area contributed by atoms with Gasteiger partial charge in [-0.25, -0.2) is 9.78 Å². The topological polar surface area (TPSA) is 95.3 Å². The summed E-state index contributed by atoms with van der Waals surface area (Å²) in [6.07, 6.45) is 6.53. The third kappa shape index (κ3) is 4.87. The summed E-state index contributed by atoms with van der Waals surface area (Å²) in [6.45, 7) is 2.00. The number of thiophene rings is 1. The van der Waals surface area contributed by atoms with Crippen LogP contribution in [-0.4, -0.2) is 25.9 Å². The Balaban J connectivity index is 1.48. The first-order chi connectivity index (χ1) is 15.0. The van der Waals surface area contributed by atoms with Gasteiger partial charge in [0, 0.05) is 35.1 Å². The number of aryl methyl sites for hydroxylation is 2. The largest absolute Gasteiger partial charge is 0.350 e. The van der Waals surface area contributed by atoms with E-state index in [1.807, 2.05) is 66.3 Å². The van der Waals surface area contributed by atoms with E-state index in [9.17, 15) is 9.59 Å². The average Bonchev–Trinajstić information content (AvgIpc) is 3.41. The smallest absolute Gasteiger partial charge is 0.340 e. The zero-order valence-corrected chi connectivity index (χ0v) is 17.7. The van der Waals surface area contributed by atoms with Gasteiger partial charge >= 0.3 is 6.03 Å². The fraction of sp³-hybridized carbons (Fsp3) is 0.130. The maximum atomic E-state index is 12.3. The van der Waals surface area contributed by atoms with E-state index in [1.165, 1.54) is 11.3 Å². The van der Waals surface area contributed by atoms with Crippen molar-refractivity contribution in [3.63, 3.8) is 0 Å². The Hall–Kier alpha value is -3.78. The highest BCUT2D eigenvalue weighted by Gasteiger charge is 2.10. The first-order valence-electron chi connectivity index (χ1n) is 9.75. The summed E-state index contributed by atoms with van der Waals surface area (Å²) in [4.78, 5) is 33.7. The molecule has 31 heavy (non-hydrogen) atoms. The van der Waals surface area contributed by atoms with Crippen LogP contribution in [0, 0.1) is 6.92 Å². The van der Waals surface area contributed by atoms with Crippen molar-refractivity contribution in [2.24, 2.45) is 10.7 Å². The van der Waals surface area contributed by atoms with Crippen molar-refractivity contribution in [3.05, 3.63) is 94.3 Å². The Labute approximate surface area is 183 Å². The van der Waals surface area contributed by atoms with E-state index in [0.29, 0.717) is 18.3 Å². The van der Waals surface area contributed by atoms with Gasteiger partial charge in [-0.15, -0.1) is 11.3 Å². The van der Waals surface area contributed by atoms with Crippen molar-refractivity contribution in [1.82, 2.24) is 14.1 Å². The molecule has 2 N–H and O–H groups in total. The van der Waals surface area contributed by atoms with Crippen LogP contribution in [0.15, 0.2) is 78.3 Å². The summed E-state index contributed by atoms with van der Waals surface area (Å²) in [5, 5.41) is 0. The molecule has 0 bridgehead atoms. The van der Waals surface area contributed by atoms with E-state index in [2.05, 4.69) is 9.98 Å². The number of ketones is 1. The zero-order chi connectivity index (χ0) is 21.8. The highest BCUT2D eigenvalue weighted by Crippen LogP contribution is 2.18. The number of benzene rings is 1. The van der Waals surface area contributed by atoms with E-state index in [0.717, 1.165) is 26.8 Å². The summed E-state index contributed by atoms with van der Waals surface area (Å²) in [5.41, 5.74) is 8.31. The van der Waals surface area contributed by atoms with Crippen LogP contribution in [0.25, 0.3) is 11.4 Å². The second-order valence-electron chi connectivity index (χ2n) is 7.00. The molecule has 0 aliphatic heterocycles. The molecule has 3 heterocycles. The van der Waals surface area contributed by atoms with Gasteiger partial charge < -0.3 is 14.9 Å². The van der Waals surface area contributed by atoms with Gasteiger partial charge in [0.2, 0.25) is 0 Å². The number of primary amides is 1. The fourth-order valence-electron chi connectivity index (χ4n) is 3.22. The maximum Gasteiger partial charge on any atom is 0.340 e. The lowest BCUT2D eigenvalue weighted by molar-refractivity contribution is 0.0986. The van der Waals surface area contributed by atoms with Gasteiger partial charge in [0.25, 0.3) is 0 Å². The first kappa shape index (κ1) is 20.5. The number of Topliss-reactive ketones (excluding diaryl/α,β-unsaturated/α-hetero) is 1. The maximum absolute atomic E-state index is 12.3. The summed E-state index contributed by atoms with van der Waals surface area (Å²) >= 11 is 1.53. The van der Waals surface area contributed by atoms with Crippen molar-refractivity contribution in [1.29, 1.82) is 0 Å². The quantitative estimate of drug-likeness (QED) is 0.470. The number of nitrogens with zero attached hydrogens (tertiary/aromatic N) is 4. The van der Waals surface area contributed by atoms with Gasteiger partial charge in [0.05, 0.1) is 16.9 Å². The number of carbonyl (C=O) groups is 2. The third-order valence-corrected chi connectivity index (χ3v) is 5.79. The minimum atomic E-state index is -0.741.